The third kappa shape index (κ3) is 25.5. The van der Waals surface area contributed by atoms with E-state index in [1.165, 1.54) is 0 Å². The van der Waals surface area contributed by atoms with E-state index >= 15 is 0 Å². The Hall–Kier alpha value is -0.370. The molecule has 0 atom stereocenters. The lowest BCUT2D eigenvalue weighted by molar-refractivity contribution is -0.108. The van der Waals surface area contributed by atoms with Gasteiger partial charge in [-0.15, -0.1) is 0 Å². The molecule has 2 heteroatoms. The molecule has 10 heavy (non-hydrogen) atoms. The Morgan fingerprint density at radius 3 is 1.90 bits per heavy atom. The molecule has 2 nitrogen and oxygen atoms in total. The molecule has 0 saturated heterocycles. The number of carbonyl (C=O) groups is 1. The molecule has 0 saturated carbocycles. The van der Waals surface area contributed by atoms with Gasteiger partial charge in [-0.1, -0.05) is 20.8 Å². The minimum atomic E-state index is 0.319. The SMILES string of the molecule is CC(C)CC=O.CCCO. The van der Waals surface area contributed by atoms with Crippen LogP contribution in [-0.4, -0.2) is 18.0 Å². The van der Waals surface area contributed by atoms with Crippen LogP contribution in [0.1, 0.15) is 33.6 Å². The topological polar surface area (TPSA) is 37.3 Å². The van der Waals surface area contributed by atoms with Gasteiger partial charge in [0, 0.05) is 13.0 Å². The van der Waals surface area contributed by atoms with Crippen molar-refractivity contribution in [1.29, 1.82) is 0 Å². The lowest BCUT2D eigenvalue weighted by Crippen LogP contribution is -1.84. The number of aldehydes is 1. The molecule has 0 aromatic heterocycles. The second kappa shape index (κ2) is 11.4. The van der Waals surface area contributed by atoms with E-state index in [4.69, 9.17) is 5.11 Å². The van der Waals surface area contributed by atoms with Crippen LogP contribution >= 0.6 is 0 Å². The van der Waals surface area contributed by atoms with Gasteiger partial charge in [-0.3, -0.25) is 0 Å². The molecule has 0 aliphatic carbocycles. The molecule has 0 aliphatic heterocycles. The van der Waals surface area contributed by atoms with Crippen LogP contribution in [0.5, 0.6) is 0 Å². The van der Waals surface area contributed by atoms with Crippen molar-refractivity contribution in [2.45, 2.75) is 33.6 Å². The van der Waals surface area contributed by atoms with Gasteiger partial charge in [0.2, 0.25) is 0 Å². The fourth-order valence-electron chi connectivity index (χ4n) is 0.192. The fraction of sp³-hybridized carbons (Fsp3) is 0.875. The summed E-state index contributed by atoms with van der Waals surface area (Å²) in [7, 11) is 0. The second-order valence-electron chi connectivity index (χ2n) is 2.52. The summed E-state index contributed by atoms with van der Waals surface area (Å²) in [5.74, 6) is 0.530. The molecule has 0 aromatic carbocycles. The molecule has 0 radical (unpaired) electrons. The Morgan fingerprint density at radius 2 is 1.90 bits per heavy atom. The minimum Gasteiger partial charge on any atom is -0.396 e. The van der Waals surface area contributed by atoms with Gasteiger partial charge < -0.3 is 9.90 Å². The summed E-state index contributed by atoms with van der Waals surface area (Å²) in [6, 6.07) is 0. The Morgan fingerprint density at radius 1 is 1.50 bits per heavy atom. The van der Waals surface area contributed by atoms with Crippen LogP contribution in [0.25, 0.3) is 0 Å². The van der Waals surface area contributed by atoms with E-state index < -0.39 is 0 Å². The number of carbonyl (C=O) groups excluding carboxylic acids is 1. The van der Waals surface area contributed by atoms with Gasteiger partial charge in [0.1, 0.15) is 6.29 Å². The third-order valence-corrected chi connectivity index (χ3v) is 0.791. The molecule has 0 spiro atoms. The van der Waals surface area contributed by atoms with Crippen molar-refractivity contribution in [1.82, 2.24) is 0 Å². The van der Waals surface area contributed by atoms with E-state index in [0.717, 1.165) is 12.7 Å². The van der Waals surface area contributed by atoms with Gasteiger partial charge >= 0.3 is 0 Å². The standard InChI is InChI=1S/C5H10O.C3H8O/c1-5(2)3-4-6;1-2-3-4/h4-5H,3H2,1-2H3;4H,2-3H2,1H3. The van der Waals surface area contributed by atoms with Crippen molar-refractivity contribution in [3.63, 3.8) is 0 Å². The Balaban J connectivity index is 0. The van der Waals surface area contributed by atoms with E-state index in [-0.39, 0.29) is 0 Å². The summed E-state index contributed by atoms with van der Waals surface area (Å²) in [5.41, 5.74) is 0. The lowest BCUT2D eigenvalue weighted by Gasteiger charge is -1.89. The smallest absolute Gasteiger partial charge is 0.120 e. The van der Waals surface area contributed by atoms with Crippen LogP contribution in [0, 0.1) is 5.92 Å². The largest absolute Gasteiger partial charge is 0.396 e. The second-order valence-corrected chi connectivity index (χ2v) is 2.52. The van der Waals surface area contributed by atoms with Crippen LogP contribution in [0.4, 0.5) is 0 Å². The Bertz CT molecular complexity index is 58.3. The number of hydrogen-bond acceptors (Lipinski definition) is 2. The molecular formula is C8H18O2. The fourth-order valence-corrected chi connectivity index (χ4v) is 0.192. The quantitative estimate of drug-likeness (QED) is 0.614. The van der Waals surface area contributed by atoms with Crippen molar-refractivity contribution >= 4 is 6.29 Å². The molecule has 0 aliphatic rings. The average Bonchev–Trinajstić information content (AvgIpc) is 1.89. The average molecular weight is 146 g/mol. The lowest BCUT2D eigenvalue weighted by atomic mass is 10.2. The summed E-state index contributed by atoms with van der Waals surface area (Å²) in [6.45, 7) is 6.29. The van der Waals surface area contributed by atoms with Gasteiger partial charge in [-0.2, -0.15) is 0 Å². The molecule has 0 bridgehead atoms. The van der Waals surface area contributed by atoms with Gasteiger partial charge in [0.05, 0.1) is 0 Å². The Labute approximate surface area is 63.3 Å². The highest BCUT2D eigenvalue weighted by Gasteiger charge is 1.85. The zero-order valence-corrected chi connectivity index (χ0v) is 7.13. The zero-order valence-electron chi connectivity index (χ0n) is 7.13. The van der Waals surface area contributed by atoms with Gasteiger partial charge in [0.15, 0.2) is 0 Å². The van der Waals surface area contributed by atoms with Crippen LogP contribution in [0.2, 0.25) is 0 Å². The van der Waals surface area contributed by atoms with Crippen LogP contribution in [-0.2, 0) is 4.79 Å². The first-order valence-corrected chi connectivity index (χ1v) is 3.73. The summed E-state index contributed by atoms with van der Waals surface area (Å²) in [6.07, 6.45) is 2.52. The molecule has 0 amide bonds. The van der Waals surface area contributed by atoms with E-state index in [0.29, 0.717) is 18.9 Å². The third-order valence-electron chi connectivity index (χ3n) is 0.791. The predicted molar refractivity (Wildman–Crippen MR) is 42.9 cm³/mol. The molecule has 0 fully saturated rings. The maximum Gasteiger partial charge on any atom is 0.120 e. The van der Waals surface area contributed by atoms with Crippen molar-refractivity contribution < 1.29 is 9.90 Å². The van der Waals surface area contributed by atoms with Crippen molar-refractivity contribution in [2.24, 2.45) is 5.92 Å². The Kier molecular flexibility index (Phi) is 14.1. The van der Waals surface area contributed by atoms with Crippen molar-refractivity contribution in [3.8, 4) is 0 Å². The summed E-state index contributed by atoms with van der Waals surface area (Å²) in [5, 5.41) is 7.88. The summed E-state index contributed by atoms with van der Waals surface area (Å²) < 4.78 is 0. The molecular weight excluding hydrogens is 128 g/mol. The number of aliphatic hydroxyl groups is 1. The summed E-state index contributed by atoms with van der Waals surface area (Å²) >= 11 is 0. The highest BCUT2D eigenvalue weighted by Crippen LogP contribution is 1.92. The predicted octanol–water partition coefficient (Wildman–Crippen LogP) is 1.62. The molecule has 1 N–H and O–H groups in total. The van der Waals surface area contributed by atoms with E-state index in [2.05, 4.69) is 0 Å². The maximum atomic E-state index is 9.62. The van der Waals surface area contributed by atoms with E-state index in [9.17, 15) is 4.79 Å². The highest BCUT2D eigenvalue weighted by atomic mass is 16.2. The number of aliphatic hydroxyl groups excluding tert-OH is 1. The number of rotatable bonds is 3. The van der Waals surface area contributed by atoms with Gasteiger partial charge in [-0.05, 0) is 12.3 Å². The minimum absolute atomic E-state index is 0.319. The molecule has 0 rings (SSSR count). The normalized spacial score (nSPS) is 8.50. The maximum absolute atomic E-state index is 9.62. The zero-order chi connectivity index (χ0) is 8.41. The van der Waals surface area contributed by atoms with Gasteiger partial charge in [0.25, 0.3) is 0 Å². The molecule has 62 valence electrons. The molecule has 0 unspecified atom stereocenters. The molecule has 0 heterocycles. The highest BCUT2D eigenvalue weighted by molar-refractivity contribution is 5.49. The van der Waals surface area contributed by atoms with Crippen LogP contribution in [0.3, 0.4) is 0 Å². The van der Waals surface area contributed by atoms with Gasteiger partial charge in [-0.25, -0.2) is 0 Å². The first kappa shape index (κ1) is 12.3. The summed E-state index contributed by atoms with van der Waals surface area (Å²) in [4.78, 5) is 9.62. The van der Waals surface area contributed by atoms with E-state index in [1.54, 1.807) is 0 Å². The molecule has 0 aromatic rings. The van der Waals surface area contributed by atoms with Crippen molar-refractivity contribution in [3.05, 3.63) is 0 Å². The first-order chi connectivity index (χ1) is 4.68. The van der Waals surface area contributed by atoms with Crippen LogP contribution < -0.4 is 0 Å². The monoisotopic (exact) mass is 146 g/mol. The van der Waals surface area contributed by atoms with Crippen molar-refractivity contribution in [2.75, 3.05) is 6.61 Å². The van der Waals surface area contributed by atoms with Crippen LogP contribution in [0.15, 0.2) is 0 Å². The first-order valence-electron chi connectivity index (χ1n) is 3.73. The van der Waals surface area contributed by atoms with E-state index in [1.807, 2.05) is 20.8 Å². The number of hydrogen-bond donors (Lipinski definition) is 1.